The van der Waals surface area contributed by atoms with Gasteiger partial charge in [0, 0.05) is 17.9 Å². The number of hydrogen-bond acceptors (Lipinski definition) is 3. The molecule has 1 rings (SSSR count). The third kappa shape index (κ3) is 6.44. The highest BCUT2D eigenvalue weighted by Crippen LogP contribution is 2.28. The van der Waals surface area contributed by atoms with Gasteiger partial charge in [-0.05, 0) is 37.5 Å². The van der Waals surface area contributed by atoms with Gasteiger partial charge in [0.1, 0.15) is 0 Å². The molecule has 0 heterocycles. The van der Waals surface area contributed by atoms with Crippen molar-refractivity contribution in [3.63, 3.8) is 0 Å². The van der Waals surface area contributed by atoms with Gasteiger partial charge in [-0.3, -0.25) is 0 Å². The average Bonchev–Trinajstić information content (AvgIpc) is 2.36. The maximum Gasteiger partial charge on any atom is 0.0464 e. The van der Waals surface area contributed by atoms with Gasteiger partial charge in [0.15, 0.2) is 0 Å². The summed E-state index contributed by atoms with van der Waals surface area (Å²) in [6.45, 7) is 5.86. The lowest BCUT2D eigenvalue weighted by atomic mass is 9.96. The highest BCUT2D eigenvalue weighted by atomic mass is 32.2. The topological polar surface area (TPSA) is 32.3 Å². The van der Waals surface area contributed by atoms with Crippen molar-refractivity contribution in [2.24, 2.45) is 5.92 Å². The third-order valence-electron chi connectivity index (χ3n) is 3.77. The fourth-order valence-corrected chi connectivity index (χ4v) is 4.03. The summed E-state index contributed by atoms with van der Waals surface area (Å²) in [4.78, 5) is 0. The molecule has 0 aromatic rings. The monoisotopic (exact) mass is 273 g/mol. The van der Waals surface area contributed by atoms with E-state index in [1.165, 1.54) is 44.9 Å². The standard InChI is InChI=1S/C15H31NOS/c1-3-10-16-14-8-6-4-5-7-9-15(14)18-12-13(2)11-17/h13-17H,3-12H2,1-2H3. The highest BCUT2D eigenvalue weighted by molar-refractivity contribution is 7.99. The maximum absolute atomic E-state index is 9.14. The Morgan fingerprint density at radius 2 is 1.94 bits per heavy atom. The Kier molecular flexibility index (Phi) is 9.16. The molecule has 0 radical (unpaired) electrons. The number of hydrogen-bond donors (Lipinski definition) is 2. The predicted molar refractivity (Wildman–Crippen MR) is 82.3 cm³/mol. The van der Waals surface area contributed by atoms with Crippen molar-refractivity contribution in [1.29, 1.82) is 0 Å². The molecule has 1 fully saturated rings. The molecule has 0 spiro atoms. The fourth-order valence-electron chi connectivity index (χ4n) is 2.55. The first-order chi connectivity index (χ1) is 8.77. The summed E-state index contributed by atoms with van der Waals surface area (Å²) in [6.07, 6.45) is 9.50. The lowest BCUT2D eigenvalue weighted by Gasteiger charge is -2.30. The second kappa shape index (κ2) is 10.1. The minimum absolute atomic E-state index is 0.326. The fraction of sp³-hybridized carbons (Fsp3) is 1.00. The quantitative estimate of drug-likeness (QED) is 0.745. The van der Waals surface area contributed by atoms with Crippen molar-refractivity contribution >= 4 is 11.8 Å². The van der Waals surface area contributed by atoms with Crippen molar-refractivity contribution in [2.75, 3.05) is 18.9 Å². The summed E-state index contributed by atoms with van der Waals surface area (Å²) in [5.74, 6) is 1.54. The van der Waals surface area contributed by atoms with Gasteiger partial charge in [-0.1, -0.05) is 39.5 Å². The summed E-state index contributed by atoms with van der Waals surface area (Å²) in [6, 6.07) is 0.696. The van der Waals surface area contributed by atoms with Crippen LogP contribution in [0.5, 0.6) is 0 Å². The smallest absolute Gasteiger partial charge is 0.0464 e. The normalized spacial score (nSPS) is 27.5. The van der Waals surface area contributed by atoms with E-state index < -0.39 is 0 Å². The van der Waals surface area contributed by atoms with Crippen LogP contribution >= 0.6 is 11.8 Å². The Labute approximate surface area is 117 Å². The highest BCUT2D eigenvalue weighted by Gasteiger charge is 2.22. The van der Waals surface area contributed by atoms with Crippen LogP contribution < -0.4 is 5.32 Å². The Morgan fingerprint density at radius 3 is 2.61 bits per heavy atom. The number of nitrogens with one attached hydrogen (secondary N) is 1. The zero-order valence-corrected chi connectivity index (χ0v) is 13.0. The minimum atomic E-state index is 0.326. The molecule has 108 valence electrons. The van der Waals surface area contributed by atoms with Gasteiger partial charge < -0.3 is 10.4 Å². The second-order valence-electron chi connectivity index (χ2n) is 5.71. The van der Waals surface area contributed by atoms with E-state index in [4.69, 9.17) is 5.11 Å². The first-order valence-corrected chi connectivity index (χ1v) is 8.78. The van der Waals surface area contributed by atoms with E-state index in [-0.39, 0.29) is 0 Å². The van der Waals surface area contributed by atoms with Gasteiger partial charge in [-0.25, -0.2) is 0 Å². The van der Waals surface area contributed by atoms with Crippen LogP contribution in [0.15, 0.2) is 0 Å². The van der Waals surface area contributed by atoms with Crippen molar-refractivity contribution in [1.82, 2.24) is 5.32 Å². The van der Waals surface area contributed by atoms with Crippen LogP contribution in [0.25, 0.3) is 0 Å². The largest absolute Gasteiger partial charge is 0.396 e. The molecular formula is C15H31NOS. The average molecular weight is 273 g/mol. The van der Waals surface area contributed by atoms with Crippen LogP contribution in [-0.4, -0.2) is 35.3 Å². The van der Waals surface area contributed by atoms with E-state index in [0.717, 1.165) is 17.5 Å². The Bertz CT molecular complexity index is 199. The van der Waals surface area contributed by atoms with Crippen LogP contribution in [0.2, 0.25) is 0 Å². The molecule has 0 bridgehead atoms. The first-order valence-electron chi connectivity index (χ1n) is 7.73. The summed E-state index contributed by atoms with van der Waals surface area (Å²) in [5, 5.41) is 13.6. The van der Waals surface area contributed by atoms with Crippen LogP contribution in [0.4, 0.5) is 0 Å². The molecule has 0 aliphatic heterocycles. The first kappa shape index (κ1) is 16.3. The van der Waals surface area contributed by atoms with E-state index in [9.17, 15) is 0 Å². The lowest BCUT2D eigenvalue weighted by molar-refractivity contribution is 0.250. The summed E-state index contributed by atoms with van der Waals surface area (Å²) in [5.41, 5.74) is 0. The summed E-state index contributed by atoms with van der Waals surface area (Å²) < 4.78 is 0. The van der Waals surface area contributed by atoms with Crippen LogP contribution in [0, 0.1) is 5.92 Å². The molecule has 1 aliphatic carbocycles. The second-order valence-corrected chi connectivity index (χ2v) is 6.98. The van der Waals surface area contributed by atoms with E-state index in [0.29, 0.717) is 18.6 Å². The van der Waals surface area contributed by atoms with Gasteiger partial charge in [0.05, 0.1) is 0 Å². The Hall–Kier alpha value is 0.270. The van der Waals surface area contributed by atoms with Gasteiger partial charge in [-0.2, -0.15) is 11.8 Å². The molecule has 3 unspecified atom stereocenters. The number of rotatable bonds is 7. The summed E-state index contributed by atoms with van der Waals surface area (Å²) >= 11 is 2.09. The van der Waals surface area contributed by atoms with Gasteiger partial charge in [0.2, 0.25) is 0 Å². The van der Waals surface area contributed by atoms with E-state index in [1.807, 2.05) is 0 Å². The molecule has 0 aromatic heterocycles. The van der Waals surface area contributed by atoms with Crippen LogP contribution in [0.3, 0.4) is 0 Å². The minimum Gasteiger partial charge on any atom is -0.396 e. The SMILES string of the molecule is CCCNC1CCCCCCC1SCC(C)CO. The van der Waals surface area contributed by atoms with Crippen LogP contribution in [0.1, 0.15) is 58.8 Å². The molecule has 0 amide bonds. The molecule has 3 heteroatoms. The molecule has 0 saturated heterocycles. The predicted octanol–water partition coefficient (Wildman–Crippen LogP) is 3.44. The molecule has 18 heavy (non-hydrogen) atoms. The summed E-state index contributed by atoms with van der Waals surface area (Å²) in [7, 11) is 0. The van der Waals surface area contributed by atoms with E-state index in [2.05, 4.69) is 30.9 Å². The van der Waals surface area contributed by atoms with Crippen LogP contribution in [-0.2, 0) is 0 Å². The number of thioether (sulfide) groups is 1. The zero-order chi connectivity index (χ0) is 13.2. The molecular weight excluding hydrogens is 242 g/mol. The maximum atomic E-state index is 9.14. The molecule has 2 nitrogen and oxygen atoms in total. The van der Waals surface area contributed by atoms with Gasteiger partial charge in [-0.15, -0.1) is 0 Å². The Morgan fingerprint density at radius 1 is 1.22 bits per heavy atom. The lowest BCUT2D eigenvalue weighted by Crippen LogP contribution is -2.39. The molecule has 1 aliphatic rings. The van der Waals surface area contributed by atoms with Crippen molar-refractivity contribution in [2.45, 2.75) is 70.1 Å². The molecule has 3 atom stereocenters. The zero-order valence-electron chi connectivity index (χ0n) is 12.2. The molecule has 2 N–H and O–H groups in total. The van der Waals surface area contributed by atoms with Gasteiger partial charge >= 0.3 is 0 Å². The van der Waals surface area contributed by atoms with E-state index >= 15 is 0 Å². The number of aliphatic hydroxyl groups is 1. The Balaban J connectivity index is 2.42. The van der Waals surface area contributed by atoms with E-state index in [1.54, 1.807) is 0 Å². The van der Waals surface area contributed by atoms with Crippen molar-refractivity contribution in [3.05, 3.63) is 0 Å². The molecule has 0 aromatic carbocycles. The van der Waals surface area contributed by atoms with Gasteiger partial charge in [0.25, 0.3) is 0 Å². The third-order valence-corrected chi connectivity index (χ3v) is 5.52. The van der Waals surface area contributed by atoms with Crippen molar-refractivity contribution < 1.29 is 5.11 Å². The molecule has 1 saturated carbocycles. The number of aliphatic hydroxyl groups excluding tert-OH is 1. The van der Waals surface area contributed by atoms with Crippen molar-refractivity contribution in [3.8, 4) is 0 Å².